The zero-order chi connectivity index (χ0) is 13.8. The van der Waals surface area contributed by atoms with Crippen molar-refractivity contribution in [3.05, 3.63) is 44.8 Å². The lowest BCUT2D eigenvalue weighted by molar-refractivity contribution is -0.140. The third-order valence-corrected chi connectivity index (χ3v) is 4.81. The van der Waals surface area contributed by atoms with Crippen LogP contribution in [0, 0.1) is 5.92 Å². The first-order valence-electron chi connectivity index (χ1n) is 6.15. The largest absolute Gasteiger partial charge is 0.480 e. The first-order valence-corrected chi connectivity index (χ1v) is 7.91. The molecule has 0 radical (unpaired) electrons. The van der Waals surface area contributed by atoms with Crippen LogP contribution in [-0.4, -0.2) is 17.1 Å². The Hall–Kier alpha value is -1.17. The van der Waals surface area contributed by atoms with Crippen molar-refractivity contribution in [3.63, 3.8) is 0 Å². The quantitative estimate of drug-likeness (QED) is 0.856. The predicted octanol–water partition coefficient (Wildman–Crippen LogP) is 3.60. The van der Waals surface area contributed by atoms with Crippen LogP contribution in [-0.2, 0) is 4.79 Å². The van der Waals surface area contributed by atoms with Crippen LogP contribution < -0.4 is 5.32 Å². The summed E-state index contributed by atoms with van der Waals surface area (Å²) in [5.74, 6) is -0.756. The minimum absolute atomic E-state index is 0.0384. The maximum atomic E-state index is 11.4. The highest BCUT2D eigenvalue weighted by molar-refractivity contribution is 7.11. The molecule has 0 fully saturated rings. The molecule has 1 atom stereocenters. The molecule has 19 heavy (non-hydrogen) atoms. The average Bonchev–Trinajstić information content (AvgIpc) is 3.00. The Morgan fingerprint density at radius 2 is 1.68 bits per heavy atom. The molecule has 0 saturated heterocycles. The van der Waals surface area contributed by atoms with Crippen LogP contribution in [0.4, 0.5) is 0 Å². The molecule has 0 bridgehead atoms. The zero-order valence-corrected chi connectivity index (χ0v) is 12.5. The summed E-state index contributed by atoms with van der Waals surface area (Å²) in [5, 5.41) is 16.6. The smallest absolute Gasteiger partial charge is 0.320 e. The molecule has 5 heteroatoms. The van der Waals surface area contributed by atoms with Gasteiger partial charge in [0.2, 0.25) is 0 Å². The molecule has 2 rings (SSSR count). The molecule has 2 heterocycles. The van der Waals surface area contributed by atoms with E-state index in [1.807, 2.05) is 48.9 Å². The van der Waals surface area contributed by atoms with Crippen molar-refractivity contribution in [3.8, 4) is 0 Å². The van der Waals surface area contributed by atoms with Crippen LogP contribution in [0.25, 0.3) is 0 Å². The van der Waals surface area contributed by atoms with E-state index in [-0.39, 0.29) is 12.0 Å². The Morgan fingerprint density at radius 3 is 2.00 bits per heavy atom. The summed E-state index contributed by atoms with van der Waals surface area (Å²) in [6, 6.07) is 7.49. The normalized spacial score (nSPS) is 13.1. The van der Waals surface area contributed by atoms with E-state index in [1.54, 1.807) is 22.7 Å². The van der Waals surface area contributed by atoms with E-state index in [9.17, 15) is 9.90 Å². The number of carboxylic acids is 1. The summed E-state index contributed by atoms with van der Waals surface area (Å²) < 4.78 is 0. The lowest BCUT2D eigenvalue weighted by atomic mass is 10.0. The van der Waals surface area contributed by atoms with Gasteiger partial charge in [-0.25, -0.2) is 0 Å². The highest BCUT2D eigenvalue weighted by Gasteiger charge is 2.27. The molecule has 1 unspecified atom stereocenters. The third-order valence-electron chi connectivity index (χ3n) is 2.93. The molecule has 0 spiro atoms. The number of hydrogen-bond acceptors (Lipinski definition) is 4. The number of carboxylic acid groups (broad SMARTS) is 1. The maximum absolute atomic E-state index is 11.4. The van der Waals surface area contributed by atoms with Gasteiger partial charge in [-0.2, -0.15) is 0 Å². The van der Waals surface area contributed by atoms with Gasteiger partial charge in [-0.15, -0.1) is 22.7 Å². The number of aliphatic carboxylic acids is 1. The molecule has 0 aromatic carbocycles. The maximum Gasteiger partial charge on any atom is 0.320 e. The lowest BCUT2D eigenvalue weighted by Gasteiger charge is -2.24. The van der Waals surface area contributed by atoms with Crippen LogP contribution in [0.3, 0.4) is 0 Å². The van der Waals surface area contributed by atoms with Gasteiger partial charge in [0.1, 0.15) is 6.04 Å². The van der Waals surface area contributed by atoms with Gasteiger partial charge in [0.05, 0.1) is 6.04 Å². The molecule has 102 valence electrons. The van der Waals surface area contributed by atoms with Crippen molar-refractivity contribution in [2.24, 2.45) is 5.92 Å². The van der Waals surface area contributed by atoms with E-state index in [0.717, 1.165) is 9.75 Å². The van der Waals surface area contributed by atoms with Crippen LogP contribution >= 0.6 is 22.7 Å². The minimum atomic E-state index is -0.798. The van der Waals surface area contributed by atoms with Crippen molar-refractivity contribution in [1.82, 2.24) is 5.32 Å². The summed E-state index contributed by atoms with van der Waals surface area (Å²) in [6.07, 6.45) is 0. The van der Waals surface area contributed by atoms with E-state index in [2.05, 4.69) is 5.32 Å². The van der Waals surface area contributed by atoms with Crippen LogP contribution in [0.5, 0.6) is 0 Å². The van der Waals surface area contributed by atoms with Gasteiger partial charge in [0, 0.05) is 9.75 Å². The Bertz CT molecular complexity index is 471. The Labute approximate surface area is 120 Å². The van der Waals surface area contributed by atoms with E-state index in [4.69, 9.17) is 0 Å². The number of carbonyl (C=O) groups is 1. The molecular weight excluding hydrogens is 278 g/mol. The highest BCUT2D eigenvalue weighted by atomic mass is 32.1. The molecule has 0 aliphatic carbocycles. The van der Waals surface area contributed by atoms with Gasteiger partial charge in [0.25, 0.3) is 0 Å². The fourth-order valence-electron chi connectivity index (χ4n) is 1.94. The van der Waals surface area contributed by atoms with Crippen molar-refractivity contribution < 1.29 is 9.90 Å². The SMILES string of the molecule is CC(C)C(NC(c1cccs1)c1cccs1)C(=O)O. The standard InChI is InChI=1S/C14H17NO2S2/c1-9(2)12(14(16)17)15-13(10-5-3-7-18-10)11-6-4-8-19-11/h3-9,12-13,15H,1-2H3,(H,16,17). The molecule has 0 amide bonds. The van der Waals surface area contributed by atoms with Crippen LogP contribution in [0.1, 0.15) is 29.6 Å². The van der Waals surface area contributed by atoms with Crippen LogP contribution in [0.2, 0.25) is 0 Å². The molecule has 0 aliphatic rings. The predicted molar refractivity (Wildman–Crippen MR) is 79.9 cm³/mol. The lowest BCUT2D eigenvalue weighted by Crippen LogP contribution is -2.42. The van der Waals surface area contributed by atoms with Gasteiger partial charge in [0.15, 0.2) is 0 Å². The second-order valence-corrected chi connectivity index (χ2v) is 6.65. The second-order valence-electron chi connectivity index (χ2n) is 4.69. The highest BCUT2D eigenvalue weighted by Crippen LogP contribution is 2.30. The zero-order valence-electron chi connectivity index (χ0n) is 10.9. The van der Waals surface area contributed by atoms with Gasteiger partial charge in [-0.3, -0.25) is 10.1 Å². The number of nitrogens with one attached hydrogen (secondary N) is 1. The molecule has 2 aromatic heterocycles. The number of hydrogen-bond donors (Lipinski definition) is 2. The third kappa shape index (κ3) is 3.43. The Balaban J connectivity index is 2.26. The molecule has 2 N–H and O–H groups in total. The molecule has 0 saturated carbocycles. The van der Waals surface area contributed by atoms with Crippen molar-refractivity contribution >= 4 is 28.6 Å². The molecular formula is C14H17NO2S2. The summed E-state index contributed by atoms with van der Waals surface area (Å²) in [5.41, 5.74) is 0. The average molecular weight is 295 g/mol. The monoisotopic (exact) mass is 295 g/mol. The fraction of sp³-hybridized carbons (Fsp3) is 0.357. The Morgan fingerprint density at radius 1 is 1.16 bits per heavy atom. The van der Waals surface area contributed by atoms with E-state index in [0.29, 0.717) is 0 Å². The molecule has 0 aliphatic heterocycles. The number of rotatable bonds is 6. The van der Waals surface area contributed by atoms with Crippen molar-refractivity contribution in [1.29, 1.82) is 0 Å². The van der Waals surface area contributed by atoms with Gasteiger partial charge in [-0.1, -0.05) is 26.0 Å². The topological polar surface area (TPSA) is 49.3 Å². The van der Waals surface area contributed by atoms with Crippen molar-refractivity contribution in [2.45, 2.75) is 25.9 Å². The summed E-state index contributed by atoms with van der Waals surface area (Å²) >= 11 is 3.29. The van der Waals surface area contributed by atoms with E-state index >= 15 is 0 Å². The summed E-state index contributed by atoms with van der Waals surface area (Å²) in [4.78, 5) is 13.7. The first-order chi connectivity index (χ1) is 9.09. The first kappa shape index (κ1) is 14.2. The minimum Gasteiger partial charge on any atom is -0.480 e. The van der Waals surface area contributed by atoms with E-state index in [1.165, 1.54) is 0 Å². The van der Waals surface area contributed by atoms with Crippen molar-refractivity contribution in [2.75, 3.05) is 0 Å². The van der Waals surface area contributed by atoms with Gasteiger partial charge >= 0.3 is 5.97 Å². The second kappa shape index (κ2) is 6.32. The molecule has 3 nitrogen and oxygen atoms in total. The number of thiophene rings is 2. The van der Waals surface area contributed by atoms with Gasteiger partial charge in [-0.05, 0) is 28.8 Å². The molecule has 2 aromatic rings. The van der Waals surface area contributed by atoms with Gasteiger partial charge < -0.3 is 5.11 Å². The fourth-order valence-corrected chi connectivity index (χ4v) is 3.62. The summed E-state index contributed by atoms with van der Waals surface area (Å²) in [6.45, 7) is 3.84. The summed E-state index contributed by atoms with van der Waals surface area (Å²) in [7, 11) is 0. The van der Waals surface area contributed by atoms with E-state index < -0.39 is 12.0 Å². The van der Waals surface area contributed by atoms with Crippen LogP contribution in [0.15, 0.2) is 35.0 Å². The Kier molecular flexibility index (Phi) is 4.74.